The molecule has 24 heavy (non-hydrogen) atoms. The molecule has 2 atom stereocenters. The maximum absolute atomic E-state index is 10.2. The minimum atomic E-state index is -0.492. The molecule has 0 radical (unpaired) electrons. The standard InChI is InChI=1S/C20H25NO3/c1-23-14-18(22)13-21-12-17-10-19(24-2)9-8-16(17)11-20(21)15-6-4-3-5-7-15/h3-10,18,20,22H,11-14H2,1-2H3/t18-,20+/m1/s1. The highest BCUT2D eigenvalue weighted by Crippen LogP contribution is 2.34. The smallest absolute Gasteiger partial charge is 0.119 e. The van der Waals surface area contributed by atoms with E-state index in [2.05, 4.69) is 41.3 Å². The van der Waals surface area contributed by atoms with Gasteiger partial charge in [0.15, 0.2) is 0 Å². The average Bonchev–Trinajstić information content (AvgIpc) is 2.61. The fraction of sp³-hybridized carbons (Fsp3) is 0.400. The lowest BCUT2D eigenvalue weighted by molar-refractivity contribution is 0.0206. The third-order valence-electron chi connectivity index (χ3n) is 4.63. The summed E-state index contributed by atoms with van der Waals surface area (Å²) >= 11 is 0. The Balaban J connectivity index is 1.89. The monoisotopic (exact) mass is 327 g/mol. The zero-order chi connectivity index (χ0) is 16.9. The molecular weight excluding hydrogens is 302 g/mol. The van der Waals surface area contributed by atoms with E-state index in [-0.39, 0.29) is 6.04 Å². The predicted octanol–water partition coefficient (Wildman–Crippen LogP) is 2.80. The van der Waals surface area contributed by atoms with E-state index in [1.807, 2.05) is 12.1 Å². The minimum absolute atomic E-state index is 0.263. The van der Waals surface area contributed by atoms with Gasteiger partial charge in [0.1, 0.15) is 5.75 Å². The van der Waals surface area contributed by atoms with Crippen molar-refractivity contribution in [2.24, 2.45) is 0 Å². The minimum Gasteiger partial charge on any atom is -0.497 e. The van der Waals surface area contributed by atoms with Crippen LogP contribution in [0.4, 0.5) is 0 Å². The number of rotatable bonds is 6. The maximum atomic E-state index is 10.2. The van der Waals surface area contributed by atoms with Crippen molar-refractivity contribution in [2.45, 2.75) is 25.1 Å². The summed E-state index contributed by atoms with van der Waals surface area (Å²) in [7, 11) is 3.31. The molecule has 4 nitrogen and oxygen atoms in total. The first-order chi connectivity index (χ1) is 11.7. The van der Waals surface area contributed by atoms with Crippen molar-refractivity contribution in [1.82, 2.24) is 4.90 Å². The highest BCUT2D eigenvalue weighted by atomic mass is 16.5. The molecule has 0 fully saturated rings. The summed E-state index contributed by atoms with van der Waals surface area (Å²) in [6.45, 7) is 1.74. The van der Waals surface area contributed by atoms with E-state index in [0.29, 0.717) is 13.2 Å². The van der Waals surface area contributed by atoms with Crippen LogP contribution < -0.4 is 4.74 Å². The predicted molar refractivity (Wildman–Crippen MR) is 94.2 cm³/mol. The molecule has 1 aliphatic heterocycles. The van der Waals surface area contributed by atoms with Gasteiger partial charge >= 0.3 is 0 Å². The van der Waals surface area contributed by atoms with Gasteiger partial charge in [-0.2, -0.15) is 0 Å². The molecule has 3 rings (SSSR count). The molecule has 2 aromatic rings. The molecule has 1 N–H and O–H groups in total. The number of aliphatic hydroxyl groups is 1. The summed E-state index contributed by atoms with van der Waals surface area (Å²) in [5, 5.41) is 10.2. The van der Waals surface area contributed by atoms with E-state index in [1.54, 1.807) is 14.2 Å². The first-order valence-corrected chi connectivity index (χ1v) is 8.33. The summed E-state index contributed by atoms with van der Waals surface area (Å²) in [5.74, 6) is 0.879. The molecule has 0 saturated heterocycles. The Hall–Kier alpha value is -1.88. The Morgan fingerprint density at radius 1 is 1.12 bits per heavy atom. The Labute approximate surface area is 143 Å². The van der Waals surface area contributed by atoms with Crippen molar-refractivity contribution in [1.29, 1.82) is 0 Å². The largest absolute Gasteiger partial charge is 0.497 e. The molecule has 0 spiro atoms. The number of methoxy groups -OCH3 is 2. The topological polar surface area (TPSA) is 41.9 Å². The fourth-order valence-corrected chi connectivity index (χ4v) is 3.45. The van der Waals surface area contributed by atoms with E-state index in [1.165, 1.54) is 16.7 Å². The second-order valence-electron chi connectivity index (χ2n) is 6.30. The van der Waals surface area contributed by atoms with E-state index in [4.69, 9.17) is 9.47 Å². The molecular formula is C20H25NO3. The molecule has 0 bridgehead atoms. The third-order valence-corrected chi connectivity index (χ3v) is 4.63. The zero-order valence-corrected chi connectivity index (χ0v) is 14.3. The number of β-amino-alcohol motifs (C(OH)–C–C–N with tert-alkyl or cyclic N) is 1. The number of hydrogen-bond acceptors (Lipinski definition) is 4. The Kier molecular flexibility index (Phi) is 5.51. The average molecular weight is 327 g/mol. The summed E-state index contributed by atoms with van der Waals surface area (Å²) in [4.78, 5) is 2.33. The van der Waals surface area contributed by atoms with Crippen LogP contribution in [0.1, 0.15) is 22.7 Å². The van der Waals surface area contributed by atoms with Gasteiger partial charge in [0.2, 0.25) is 0 Å². The second-order valence-corrected chi connectivity index (χ2v) is 6.30. The molecule has 0 aliphatic carbocycles. The number of benzene rings is 2. The summed E-state index contributed by atoms with van der Waals surface area (Å²) < 4.78 is 10.5. The number of aliphatic hydroxyl groups excluding tert-OH is 1. The Morgan fingerprint density at radius 2 is 1.92 bits per heavy atom. The van der Waals surface area contributed by atoms with Crippen molar-refractivity contribution in [3.63, 3.8) is 0 Å². The number of hydrogen-bond donors (Lipinski definition) is 1. The van der Waals surface area contributed by atoms with Crippen LogP contribution in [0.5, 0.6) is 5.75 Å². The molecule has 1 heterocycles. The molecule has 2 aromatic carbocycles. The first-order valence-electron chi connectivity index (χ1n) is 8.33. The number of ether oxygens (including phenoxy) is 2. The van der Waals surface area contributed by atoms with Gasteiger partial charge in [-0.05, 0) is 35.2 Å². The SMILES string of the molecule is COC[C@H](O)CN1Cc2cc(OC)ccc2C[C@H]1c1ccccc1. The van der Waals surface area contributed by atoms with Gasteiger partial charge in [-0.15, -0.1) is 0 Å². The van der Waals surface area contributed by atoms with Crippen molar-refractivity contribution in [3.8, 4) is 5.75 Å². The molecule has 0 saturated carbocycles. The molecule has 0 amide bonds. The summed E-state index contributed by atoms with van der Waals surface area (Å²) in [6.07, 6.45) is 0.441. The number of nitrogens with zero attached hydrogens (tertiary/aromatic N) is 1. The highest BCUT2D eigenvalue weighted by molar-refractivity contribution is 5.39. The number of fused-ring (bicyclic) bond motifs is 1. The van der Waals surface area contributed by atoms with E-state index < -0.39 is 6.10 Å². The van der Waals surface area contributed by atoms with E-state index in [9.17, 15) is 5.11 Å². The zero-order valence-electron chi connectivity index (χ0n) is 14.3. The van der Waals surface area contributed by atoms with Crippen LogP contribution in [0.2, 0.25) is 0 Å². The van der Waals surface area contributed by atoms with Crippen molar-refractivity contribution < 1.29 is 14.6 Å². The summed E-state index contributed by atoms with van der Waals surface area (Å²) in [6, 6.07) is 17.1. The fourth-order valence-electron chi connectivity index (χ4n) is 3.45. The van der Waals surface area contributed by atoms with Gasteiger partial charge in [0.05, 0.1) is 19.8 Å². The molecule has 1 aliphatic rings. The van der Waals surface area contributed by atoms with Crippen LogP contribution in [-0.4, -0.2) is 43.5 Å². The van der Waals surface area contributed by atoms with Crippen molar-refractivity contribution in [3.05, 3.63) is 65.2 Å². The van der Waals surface area contributed by atoms with Crippen LogP contribution in [0.3, 0.4) is 0 Å². The quantitative estimate of drug-likeness (QED) is 0.886. The van der Waals surface area contributed by atoms with Gasteiger partial charge < -0.3 is 14.6 Å². The second kappa shape index (κ2) is 7.79. The molecule has 4 heteroatoms. The highest BCUT2D eigenvalue weighted by Gasteiger charge is 2.29. The van der Waals surface area contributed by atoms with Crippen LogP contribution in [0, 0.1) is 0 Å². The molecule has 128 valence electrons. The molecule has 0 unspecified atom stereocenters. The first kappa shape index (κ1) is 17.0. The normalized spacial score (nSPS) is 18.9. The van der Waals surface area contributed by atoms with Gasteiger partial charge in [0, 0.05) is 26.2 Å². The Bertz CT molecular complexity index is 659. The van der Waals surface area contributed by atoms with Gasteiger partial charge in [-0.25, -0.2) is 0 Å². The summed E-state index contributed by atoms with van der Waals surface area (Å²) in [5.41, 5.74) is 3.90. The van der Waals surface area contributed by atoms with Crippen LogP contribution >= 0.6 is 0 Å². The van der Waals surface area contributed by atoms with Gasteiger partial charge in [0.25, 0.3) is 0 Å². The van der Waals surface area contributed by atoms with Gasteiger partial charge in [-0.3, -0.25) is 4.90 Å². The van der Waals surface area contributed by atoms with Crippen LogP contribution in [0.25, 0.3) is 0 Å². The lowest BCUT2D eigenvalue weighted by Crippen LogP contribution is -2.40. The van der Waals surface area contributed by atoms with E-state index >= 15 is 0 Å². The third kappa shape index (κ3) is 3.78. The lowest BCUT2D eigenvalue weighted by Gasteiger charge is -2.38. The van der Waals surface area contributed by atoms with Crippen molar-refractivity contribution >= 4 is 0 Å². The van der Waals surface area contributed by atoms with E-state index in [0.717, 1.165) is 18.7 Å². The van der Waals surface area contributed by atoms with Gasteiger partial charge in [-0.1, -0.05) is 36.4 Å². The lowest BCUT2D eigenvalue weighted by atomic mass is 9.89. The van der Waals surface area contributed by atoms with Crippen LogP contribution in [-0.2, 0) is 17.7 Å². The Morgan fingerprint density at radius 3 is 2.62 bits per heavy atom. The molecule has 0 aromatic heterocycles. The van der Waals surface area contributed by atoms with Crippen molar-refractivity contribution in [2.75, 3.05) is 27.4 Å². The van der Waals surface area contributed by atoms with Crippen LogP contribution in [0.15, 0.2) is 48.5 Å². The maximum Gasteiger partial charge on any atom is 0.119 e.